The van der Waals surface area contributed by atoms with Crippen molar-refractivity contribution in [2.24, 2.45) is 0 Å². The molecule has 12 heavy (non-hydrogen) atoms. The first-order valence-electron chi connectivity index (χ1n) is 2.69. The second kappa shape index (κ2) is 6.51. The summed E-state index contributed by atoms with van der Waals surface area (Å²) < 4.78 is 59.8. The summed E-state index contributed by atoms with van der Waals surface area (Å²) in [6, 6.07) is 0. The molecule has 9 heteroatoms. The Morgan fingerprint density at radius 1 is 1.17 bits per heavy atom. The summed E-state index contributed by atoms with van der Waals surface area (Å²) in [4.78, 5) is 0. The minimum Gasteiger partial charge on any atom is -0.471 e. The van der Waals surface area contributed by atoms with Crippen molar-refractivity contribution in [3.63, 3.8) is 0 Å². The normalized spacial score (nSPS) is 14.2. The van der Waals surface area contributed by atoms with Crippen LogP contribution in [0.25, 0.3) is 0 Å². The van der Waals surface area contributed by atoms with Crippen molar-refractivity contribution in [2.45, 2.75) is 18.7 Å². The zero-order valence-corrected chi connectivity index (χ0v) is 10.4. The smallest absolute Gasteiger partial charge is 0.390 e. The molecule has 0 aromatic rings. The molecular weight excluding hydrogens is 219 g/mol. The van der Waals surface area contributed by atoms with E-state index in [4.69, 9.17) is 5.11 Å². The maximum atomic E-state index is 11.3. The van der Waals surface area contributed by atoms with Crippen LogP contribution in [0, 0.1) is 0 Å². The van der Waals surface area contributed by atoms with Crippen molar-refractivity contribution in [3.05, 3.63) is 0 Å². The Labute approximate surface area is 71.8 Å². The lowest BCUT2D eigenvalue weighted by Gasteiger charge is -2.11. The van der Waals surface area contributed by atoms with E-state index in [9.17, 15) is 22.0 Å². The number of aliphatic hydroxyl groups is 1. The first-order valence-corrected chi connectivity index (χ1v) is 4.33. The Morgan fingerprint density at radius 2 is 1.42 bits per heavy atom. The fourth-order valence-electron chi connectivity index (χ4n) is 0.152. The predicted octanol–water partition coefficient (Wildman–Crippen LogP) is -1.26. The van der Waals surface area contributed by atoms with Crippen LogP contribution in [0.4, 0.5) is 22.0 Å². The summed E-state index contributed by atoms with van der Waals surface area (Å²) in [6.07, 6.45) is -12.6. The topological polar surface area (TPSA) is 29.5 Å². The first kappa shape index (κ1) is 14.5. The lowest BCUT2D eigenvalue weighted by atomic mass is 10.4. The minimum atomic E-state index is -4.94. The summed E-state index contributed by atoms with van der Waals surface area (Å²) in [5.74, 6) is 0. The maximum absolute atomic E-state index is 11.3. The van der Waals surface area contributed by atoms with Gasteiger partial charge in [-0.1, -0.05) is 0 Å². The van der Waals surface area contributed by atoms with Gasteiger partial charge in [-0.2, -0.15) is 8.78 Å². The van der Waals surface area contributed by atoms with Crippen molar-refractivity contribution >= 4 is 21.0 Å². The molecule has 1 unspecified atom stereocenters. The van der Waals surface area contributed by atoms with Gasteiger partial charge in [0, 0.05) is 0 Å². The van der Waals surface area contributed by atoms with Crippen LogP contribution in [0.15, 0.2) is 0 Å². The molecule has 1 atom stereocenters. The summed E-state index contributed by atoms with van der Waals surface area (Å²) >= 11 is 0. The van der Waals surface area contributed by atoms with Gasteiger partial charge in [0.15, 0.2) is 0 Å². The van der Waals surface area contributed by atoms with E-state index in [1.807, 2.05) is 0 Å². The molecule has 76 valence electrons. The van der Waals surface area contributed by atoms with E-state index < -0.39 is 18.7 Å². The van der Waals surface area contributed by atoms with Crippen molar-refractivity contribution in [1.29, 1.82) is 0 Å². The largest absolute Gasteiger partial charge is 0.471 e. The summed E-state index contributed by atoms with van der Waals surface area (Å²) in [5, 5.41) is 7.27. The van der Waals surface area contributed by atoms with E-state index in [2.05, 4.69) is 4.12 Å². The Balaban J connectivity index is 0. The molecule has 0 amide bonds. The lowest BCUT2D eigenvalue weighted by Crippen LogP contribution is -2.34. The van der Waals surface area contributed by atoms with Gasteiger partial charge in [0.1, 0.15) is 21.0 Å². The van der Waals surface area contributed by atoms with Gasteiger partial charge >= 0.3 is 6.11 Å². The molecule has 0 saturated carbocycles. The molecule has 0 heterocycles. The Hall–Kier alpha value is 0.00377. The van der Waals surface area contributed by atoms with Gasteiger partial charge in [-0.05, 0) is 0 Å². The molecular formula is C3H9F5O2Si2. The predicted molar refractivity (Wildman–Crippen MR) is 39.0 cm³/mol. The molecule has 0 aromatic carbocycles. The lowest BCUT2D eigenvalue weighted by molar-refractivity contribution is -0.263. The van der Waals surface area contributed by atoms with Gasteiger partial charge in [0.25, 0.3) is 12.6 Å². The highest BCUT2D eigenvalue weighted by atomic mass is 28.3. The standard InChI is InChI=1S/C3H3F5O.H6OSi2/c4-1(2(5)6)3(7,8)9;2-1-3/h1-2,9H;2-3H3. The van der Waals surface area contributed by atoms with Crippen molar-refractivity contribution in [1.82, 2.24) is 0 Å². The van der Waals surface area contributed by atoms with Gasteiger partial charge in [0.2, 0.25) is 0 Å². The Bertz CT molecular complexity index is 107. The zero-order chi connectivity index (χ0) is 10.4. The highest BCUT2D eigenvalue weighted by Gasteiger charge is 2.44. The highest BCUT2D eigenvalue weighted by Crippen LogP contribution is 2.22. The van der Waals surface area contributed by atoms with Crippen molar-refractivity contribution in [3.8, 4) is 0 Å². The monoisotopic (exact) mass is 228 g/mol. The molecule has 0 saturated heterocycles. The van der Waals surface area contributed by atoms with Gasteiger partial charge < -0.3 is 9.22 Å². The van der Waals surface area contributed by atoms with Crippen LogP contribution >= 0.6 is 0 Å². The molecule has 2 nitrogen and oxygen atoms in total. The van der Waals surface area contributed by atoms with Crippen LogP contribution in [-0.2, 0) is 4.12 Å². The number of halogens is 5. The Morgan fingerprint density at radius 3 is 1.42 bits per heavy atom. The van der Waals surface area contributed by atoms with E-state index in [-0.39, 0.29) is 0 Å². The molecule has 0 aliphatic heterocycles. The molecule has 0 fully saturated rings. The van der Waals surface area contributed by atoms with Crippen LogP contribution in [0.5, 0.6) is 0 Å². The van der Waals surface area contributed by atoms with Crippen LogP contribution in [0.2, 0.25) is 0 Å². The summed E-state index contributed by atoms with van der Waals surface area (Å²) in [7, 11) is 1.86. The van der Waals surface area contributed by atoms with E-state index in [0.29, 0.717) is 0 Å². The number of hydrogen-bond acceptors (Lipinski definition) is 2. The quantitative estimate of drug-likeness (QED) is 0.472. The number of alkyl halides is 5. The van der Waals surface area contributed by atoms with E-state index in [1.165, 1.54) is 0 Å². The first-order chi connectivity index (χ1) is 5.27. The van der Waals surface area contributed by atoms with E-state index in [1.54, 1.807) is 0 Å². The fraction of sp³-hybridized carbons (Fsp3) is 1.00. The maximum Gasteiger partial charge on any atom is 0.390 e. The van der Waals surface area contributed by atoms with Crippen molar-refractivity contribution < 1.29 is 31.2 Å². The summed E-state index contributed by atoms with van der Waals surface area (Å²) in [5.41, 5.74) is 0. The van der Waals surface area contributed by atoms with Gasteiger partial charge in [-0.15, -0.1) is 0 Å². The third kappa shape index (κ3) is 8.10. The SMILES string of the molecule is OC(F)(F)C(F)C(F)F.[SiH3]O[SiH3]. The zero-order valence-electron chi connectivity index (χ0n) is 6.40. The number of hydrogen-bond donors (Lipinski definition) is 1. The second-order valence-electron chi connectivity index (χ2n) is 1.73. The van der Waals surface area contributed by atoms with Gasteiger partial charge in [-0.3, -0.25) is 0 Å². The molecule has 1 N–H and O–H groups in total. The third-order valence-electron chi connectivity index (χ3n) is 0.553. The third-order valence-corrected chi connectivity index (χ3v) is 0.553. The minimum absolute atomic E-state index is 0.931. The van der Waals surface area contributed by atoms with Crippen LogP contribution in [0.1, 0.15) is 0 Å². The molecule has 0 rings (SSSR count). The van der Waals surface area contributed by atoms with Gasteiger partial charge in [-0.25, -0.2) is 13.2 Å². The van der Waals surface area contributed by atoms with E-state index >= 15 is 0 Å². The molecule has 0 bridgehead atoms. The summed E-state index contributed by atoms with van der Waals surface area (Å²) in [6.45, 7) is 0. The molecule has 0 radical (unpaired) electrons. The fourth-order valence-corrected chi connectivity index (χ4v) is 0.152. The van der Waals surface area contributed by atoms with E-state index in [0.717, 1.165) is 21.0 Å². The average Bonchev–Trinajstić information content (AvgIpc) is 1.85. The molecule has 0 aliphatic rings. The van der Waals surface area contributed by atoms with Crippen LogP contribution in [0.3, 0.4) is 0 Å². The van der Waals surface area contributed by atoms with Crippen LogP contribution < -0.4 is 0 Å². The van der Waals surface area contributed by atoms with Gasteiger partial charge in [0.05, 0.1) is 0 Å². The second-order valence-corrected chi connectivity index (χ2v) is 5.00. The average molecular weight is 228 g/mol. The van der Waals surface area contributed by atoms with Crippen LogP contribution in [-0.4, -0.2) is 44.8 Å². The number of rotatable bonds is 2. The highest BCUT2D eigenvalue weighted by molar-refractivity contribution is 6.15. The Kier molecular flexibility index (Phi) is 7.88. The molecule has 0 aromatic heterocycles. The molecule has 0 aliphatic carbocycles. The molecule has 0 spiro atoms. The van der Waals surface area contributed by atoms with Crippen molar-refractivity contribution in [2.75, 3.05) is 0 Å².